The molecule has 102 valence electrons. The van der Waals surface area contributed by atoms with Crippen molar-refractivity contribution in [3.05, 3.63) is 24.3 Å². The van der Waals surface area contributed by atoms with Gasteiger partial charge in [-0.25, -0.2) is 4.99 Å². The van der Waals surface area contributed by atoms with Crippen LogP contribution in [0.5, 0.6) is 5.75 Å². The van der Waals surface area contributed by atoms with Gasteiger partial charge in [0.1, 0.15) is 23.1 Å². The molecule has 0 aliphatic carbocycles. The first-order chi connectivity index (χ1) is 9.29. The molecule has 1 aliphatic heterocycles. The third-order valence-electron chi connectivity index (χ3n) is 2.68. The largest absolute Gasteiger partial charge is 0.484 e. The lowest BCUT2D eigenvalue weighted by Gasteiger charge is -2.16. The molecule has 1 aliphatic rings. The van der Waals surface area contributed by atoms with E-state index in [0.29, 0.717) is 12.4 Å². The van der Waals surface area contributed by atoms with Crippen LogP contribution in [0, 0.1) is 0 Å². The van der Waals surface area contributed by atoms with Crippen molar-refractivity contribution >= 4 is 28.4 Å². The van der Waals surface area contributed by atoms with Crippen molar-refractivity contribution in [2.75, 3.05) is 18.9 Å². The molecule has 0 bridgehead atoms. The van der Waals surface area contributed by atoms with E-state index in [9.17, 15) is 4.79 Å². The Hall–Kier alpha value is -1.49. The van der Waals surface area contributed by atoms with Gasteiger partial charge in [-0.3, -0.25) is 4.79 Å². The van der Waals surface area contributed by atoms with Gasteiger partial charge in [0.2, 0.25) is 5.91 Å². The minimum atomic E-state index is 0.0556. The normalized spacial score (nSPS) is 13.2. The van der Waals surface area contributed by atoms with Gasteiger partial charge in [0, 0.05) is 6.54 Å². The van der Waals surface area contributed by atoms with Gasteiger partial charge in [0.25, 0.3) is 0 Å². The Labute approximate surface area is 117 Å². The van der Waals surface area contributed by atoms with E-state index in [-0.39, 0.29) is 5.91 Å². The molecule has 2 rings (SSSR count). The van der Waals surface area contributed by atoms with Gasteiger partial charge in [-0.05, 0) is 18.6 Å². The Kier molecular flexibility index (Phi) is 5.27. The lowest BCUT2D eigenvalue weighted by Crippen LogP contribution is -2.27. The van der Waals surface area contributed by atoms with E-state index in [1.54, 1.807) is 0 Å². The molecule has 5 heteroatoms. The summed E-state index contributed by atoms with van der Waals surface area (Å²) in [6.07, 6.45) is 2.11. The summed E-state index contributed by atoms with van der Waals surface area (Å²) < 4.78 is 5.58. The summed E-state index contributed by atoms with van der Waals surface area (Å²) >= 11 is 1.44. The molecule has 1 amide bonds. The van der Waals surface area contributed by atoms with Crippen LogP contribution < -0.4 is 10.1 Å². The number of rotatable bonds is 5. The molecule has 1 heterocycles. The molecule has 0 spiro atoms. The Bertz CT molecular complexity index is 474. The maximum atomic E-state index is 11.6. The molecule has 0 radical (unpaired) electrons. The summed E-state index contributed by atoms with van der Waals surface area (Å²) in [5.41, 5.74) is 0.836. The van der Waals surface area contributed by atoms with Gasteiger partial charge in [-0.2, -0.15) is 0 Å². The number of hydrogen-bond donors (Lipinski definition) is 1. The summed E-state index contributed by atoms with van der Waals surface area (Å²) in [5, 5.41) is 3.74. The highest BCUT2D eigenvalue weighted by Crippen LogP contribution is 2.31. The first-order valence-corrected chi connectivity index (χ1v) is 7.47. The average Bonchev–Trinajstić information content (AvgIpc) is 2.45. The molecule has 0 aromatic heterocycles. The molecule has 4 nitrogen and oxygen atoms in total. The van der Waals surface area contributed by atoms with Crippen LogP contribution in [0.2, 0.25) is 0 Å². The van der Waals surface area contributed by atoms with Crippen LogP contribution in [0.4, 0.5) is 5.69 Å². The second kappa shape index (κ2) is 7.19. The number of benzene rings is 1. The number of ether oxygens (including phenoxy) is 1. The first-order valence-electron chi connectivity index (χ1n) is 6.48. The molecule has 0 atom stereocenters. The molecule has 1 aromatic rings. The number of thioether (sulfide) groups is 1. The fraction of sp³-hybridized carbons (Fsp3) is 0.429. The maximum absolute atomic E-state index is 11.6. The van der Waals surface area contributed by atoms with Crippen LogP contribution in [-0.2, 0) is 4.79 Å². The highest BCUT2D eigenvalue weighted by atomic mass is 32.2. The lowest BCUT2D eigenvalue weighted by molar-refractivity contribution is -0.118. The number of aliphatic imine (C=N–C) groups is 1. The van der Waals surface area contributed by atoms with E-state index >= 15 is 0 Å². The highest BCUT2D eigenvalue weighted by Gasteiger charge is 2.13. The number of carbonyl (C=O) groups excluding carboxylic acids is 1. The second-order valence-electron chi connectivity index (χ2n) is 4.25. The van der Waals surface area contributed by atoms with E-state index in [0.717, 1.165) is 35.9 Å². The fourth-order valence-corrected chi connectivity index (χ4v) is 2.36. The summed E-state index contributed by atoms with van der Waals surface area (Å²) in [6.45, 7) is 3.30. The summed E-state index contributed by atoms with van der Waals surface area (Å²) in [4.78, 5) is 16.1. The van der Waals surface area contributed by atoms with Crippen LogP contribution in [0.15, 0.2) is 29.3 Å². The zero-order chi connectivity index (χ0) is 13.5. The zero-order valence-corrected chi connectivity index (χ0v) is 11.8. The molecular weight excluding hydrogens is 260 g/mol. The Morgan fingerprint density at radius 1 is 1.47 bits per heavy atom. The Balaban J connectivity index is 1.81. The van der Waals surface area contributed by atoms with Gasteiger partial charge >= 0.3 is 0 Å². The maximum Gasteiger partial charge on any atom is 0.230 e. The van der Waals surface area contributed by atoms with Crippen LogP contribution >= 0.6 is 11.8 Å². The van der Waals surface area contributed by atoms with Crippen molar-refractivity contribution in [3.63, 3.8) is 0 Å². The van der Waals surface area contributed by atoms with E-state index < -0.39 is 0 Å². The lowest BCUT2D eigenvalue weighted by atomic mass is 10.3. The summed E-state index contributed by atoms with van der Waals surface area (Å²) in [5.74, 6) is 1.26. The van der Waals surface area contributed by atoms with Gasteiger partial charge in [-0.1, -0.05) is 37.2 Å². The number of nitrogens with one attached hydrogen (secondary N) is 1. The number of amides is 1. The predicted molar refractivity (Wildman–Crippen MR) is 79.4 cm³/mol. The molecule has 1 N–H and O–H groups in total. The van der Waals surface area contributed by atoms with Crippen molar-refractivity contribution in [1.29, 1.82) is 0 Å². The monoisotopic (exact) mass is 278 g/mol. The number of para-hydroxylation sites is 2. The van der Waals surface area contributed by atoms with Gasteiger partial charge < -0.3 is 10.1 Å². The van der Waals surface area contributed by atoms with Gasteiger partial charge in [-0.15, -0.1) is 0 Å². The van der Waals surface area contributed by atoms with E-state index in [1.807, 2.05) is 24.3 Å². The van der Waals surface area contributed by atoms with Crippen LogP contribution in [0.3, 0.4) is 0 Å². The number of carbonyl (C=O) groups is 1. The number of fused-ring (bicyclic) bond motifs is 1. The van der Waals surface area contributed by atoms with E-state index in [4.69, 9.17) is 4.74 Å². The van der Waals surface area contributed by atoms with Crippen molar-refractivity contribution in [1.82, 2.24) is 5.32 Å². The zero-order valence-electron chi connectivity index (χ0n) is 11.0. The van der Waals surface area contributed by atoms with Crippen molar-refractivity contribution in [3.8, 4) is 5.75 Å². The molecular formula is C14H18N2O2S. The van der Waals surface area contributed by atoms with Crippen molar-refractivity contribution in [2.24, 2.45) is 4.99 Å². The molecule has 0 fully saturated rings. The number of unbranched alkanes of at least 4 members (excludes halogenated alkanes) is 1. The topological polar surface area (TPSA) is 50.7 Å². The summed E-state index contributed by atoms with van der Waals surface area (Å²) in [7, 11) is 0. The number of hydrogen-bond acceptors (Lipinski definition) is 4. The van der Waals surface area contributed by atoms with Gasteiger partial charge in [0.05, 0.1) is 5.75 Å². The number of nitrogens with zero attached hydrogens (tertiary/aromatic N) is 1. The quantitative estimate of drug-likeness (QED) is 0.843. The standard InChI is InChI=1S/C14H18N2O2S/c1-2-3-8-15-13(17)10-19-14-9-18-12-7-5-4-6-11(12)16-14/h4-7H,2-3,8-10H2,1H3,(H,15,17). The first kappa shape index (κ1) is 13.9. The van der Waals surface area contributed by atoms with Crippen LogP contribution in [0.1, 0.15) is 19.8 Å². The SMILES string of the molecule is CCCCNC(=O)CSC1=Nc2ccccc2OC1. The van der Waals surface area contributed by atoms with Crippen LogP contribution in [-0.4, -0.2) is 29.9 Å². The smallest absolute Gasteiger partial charge is 0.230 e. The highest BCUT2D eigenvalue weighted by molar-refractivity contribution is 8.14. The average molecular weight is 278 g/mol. The van der Waals surface area contributed by atoms with Crippen molar-refractivity contribution in [2.45, 2.75) is 19.8 Å². The minimum absolute atomic E-state index is 0.0556. The summed E-state index contributed by atoms with van der Waals surface area (Å²) in [6, 6.07) is 7.67. The van der Waals surface area contributed by atoms with E-state index in [2.05, 4.69) is 17.2 Å². The molecule has 0 saturated carbocycles. The minimum Gasteiger partial charge on any atom is -0.484 e. The molecule has 19 heavy (non-hydrogen) atoms. The Morgan fingerprint density at radius 2 is 2.32 bits per heavy atom. The predicted octanol–water partition coefficient (Wildman–Crippen LogP) is 2.76. The second-order valence-corrected chi connectivity index (χ2v) is 5.30. The molecule has 0 unspecified atom stereocenters. The van der Waals surface area contributed by atoms with E-state index in [1.165, 1.54) is 11.8 Å². The van der Waals surface area contributed by atoms with Crippen molar-refractivity contribution < 1.29 is 9.53 Å². The Morgan fingerprint density at radius 3 is 3.16 bits per heavy atom. The van der Waals surface area contributed by atoms with Gasteiger partial charge in [0.15, 0.2) is 0 Å². The third-order valence-corrected chi connectivity index (χ3v) is 3.63. The van der Waals surface area contributed by atoms with Crippen LogP contribution in [0.25, 0.3) is 0 Å². The third kappa shape index (κ3) is 4.28. The molecule has 1 aromatic carbocycles. The fourth-order valence-electron chi connectivity index (χ4n) is 1.66. The molecule has 0 saturated heterocycles.